The molecule has 0 aromatic heterocycles. The first-order valence-electron chi connectivity index (χ1n) is 6.57. The van der Waals surface area contributed by atoms with Crippen LogP contribution in [0.15, 0.2) is 36.4 Å². The predicted molar refractivity (Wildman–Crippen MR) is 86.5 cm³/mol. The molecule has 0 amide bonds. The third-order valence-electron chi connectivity index (χ3n) is 3.05. The summed E-state index contributed by atoms with van der Waals surface area (Å²) in [7, 11) is 1.61. The molecule has 0 fully saturated rings. The second-order valence-corrected chi connectivity index (χ2v) is 5.39. The van der Waals surface area contributed by atoms with Gasteiger partial charge in [-0.3, -0.25) is 0 Å². The van der Waals surface area contributed by atoms with Gasteiger partial charge in [0, 0.05) is 10.6 Å². The molecule has 0 radical (unpaired) electrons. The number of hydrogen-bond donors (Lipinski definition) is 1. The van der Waals surface area contributed by atoms with E-state index >= 15 is 0 Å². The fourth-order valence-corrected chi connectivity index (χ4v) is 2.45. The molecule has 5 heteroatoms. The summed E-state index contributed by atoms with van der Waals surface area (Å²) in [5, 5.41) is 1.21. The first-order valence-corrected chi connectivity index (χ1v) is 7.33. The van der Waals surface area contributed by atoms with E-state index in [0.717, 1.165) is 23.3 Å². The van der Waals surface area contributed by atoms with Gasteiger partial charge < -0.3 is 15.2 Å². The van der Waals surface area contributed by atoms with E-state index < -0.39 is 0 Å². The maximum Gasteiger partial charge on any atom is 0.138 e. The number of halogens is 2. The van der Waals surface area contributed by atoms with Crippen molar-refractivity contribution in [2.45, 2.75) is 13.0 Å². The van der Waals surface area contributed by atoms with E-state index in [-0.39, 0.29) is 0 Å². The minimum atomic E-state index is 0.333. The van der Waals surface area contributed by atoms with Gasteiger partial charge >= 0.3 is 0 Å². The average Bonchev–Trinajstić information content (AvgIpc) is 2.47. The molecule has 2 N–H and O–H groups in total. The molecular weight excluding hydrogens is 309 g/mol. The zero-order valence-corrected chi connectivity index (χ0v) is 13.2. The van der Waals surface area contributed by atoms with Gasteiger partial charge in [0.2, 0.25) is 0 Å². The first kappa shape index (κ1) is 16.0. The van der Waals surface area contributed by atoms with E-state index in [0.29, 0.717) is 28.9 Å². The average molecular weight is 326 g/mol. The van der Waals surface area contributed by atoms with Crippen molar-refractivity contribution in [1.29, 1.82) is 0 Å². The summed E-state index contributed by atoms with van der Waals surface area (Å²) in [6.45, 7) is 0.927. The SMILES string of the molecule is COc1ccc(Cl)cc1COc1ccc(CCN)cc1Cl. The quantitative estimate of drug-likeness (QED) is 0.870. The summed E-state index contributed by atoms with van der Waals surface area (Å²) < 4.78 is 11.0. The maximum atomic E-state index is 6.21. The minimum Gasteiger partial charge on any atom is -0.496 e. The molecule has 0 saturated heterocycles. The molecule has 0 atom stereocenters. The Bertz CT molecular complexity index is 617. The molecule has 0 aliphatic rings. The fraction of sp³-hybridized carbons (Fsp3) is 0.250. The number of ether oxygens (including phenoxy) is 2. The van der Waals surface area contributed by atoms with Crippen molar-refractivity contribution in [3.8, 4) is 11.5 Å². The van der Waals surface area contributed by atoms with Crippen LogP contribution in [-0.4, -0.2) is 13.7 Å². The van der Waals surface area contributed by atoms with Crippen LogP contribution >= 0.6 is 23.2 Å². The fourth-order valence-electron chi connectivity index (χ4n) is 2.00. The minimum absolute atomic E-state index is 0.333. The lowest BCUT2D eigenvalue weighted by Crippen LogP contribution is -2.03. The molecule has 2 aromatic rings. The third kappa shape index (κ3) is 4.27. The maximum absolute atomic E-state index is 6.21. The van der Waals surface area contributed by atoms with Gasteiger partial charge in [0.1, 0.15) is 18.1 Å². The first-order chi connectivity index (χ1) is 10.1. The molecule has 0 unspecified atom stereocenters. The summed E-state index contributed by atoms with van der Waals surface area (Å²) in [6, 6.07) is 11.1. The Kier molecular flexibility index (Phi) is 5.74. The summed E-state index contributed by atoms with van der Waals surface area (Å²) in [4.78, 5) is 0. The Morgan fingerprint density at radius 2 is 1.81 bits per heavy atom. The number of methoxy groups -OCH3 is 1. The Morgan fingerprint density at radius 3 is 2.48 bits per heavy atom. The topological polar surface area (TPSA) is 44.5 Å². The Balaban J connectivity index is 2.11. The molecule has 0 spiro atoms. The lowest BCUT2D eigenvalue weighted by Gasteiger charge is -2.12. The smallest absolute Gasteiger partial charge is 0.138 e. The second-order valence-electron chi connectivity index (χ2n) is 4.55. The monoisotopic (exact) mass is 325 g/mol. The van der Waals surface area contributed by atoms with Crippen molar-refractivity contribution in [1.82, 2.24) is 0 Å². The Labute approximate surface area is 134 Å². The largest absolute Gasteiger partial charge is 0.496 e. The van der Waals surface area contributed by atoms with Gasteiger partial charge in [-0.25, -0.2) is 0 Å². The molecule has 0 aliphatic heterocycles. The van der Waals surface area contributed by atoms with Crippen molar-refractivity contribution < 1.29 is 9.47 Å². The van der Waals surface area contributed by atoms with E-state index in [1.807, 2.05) is 30.3 Å². The summed E-state index contributed by atoms with van der Waals surface area (Å²) in [5.41, 5.74) is 7.49. The highest BCUT2D eigenvalue weighted by Gasteiger charge is 2.07. The molecular formula is C16H17Cl2NO2. The van der Waals surface area contributed by atoms with Crippen molar-refractivity contribution >= 4 is 23.2 Å². The third-order valence-corrected chi connectivity index (χ3v) is 3.59. The van der Waals surface area contributed by atoms with E-state index in [2.05, 4.69) is 0 Å². The summed E-state index contributed by atoms with van der Waals surface area (Å²) >= 11 is 12.2. The van der Waals surface area contributed by atoms with Crippen LogP contribution in [0, 0.1) is 0 Å². The van der Waals surface area contributed by atoms with Crippen LogP contribution in [-0.2, 0) is 13.0 Å². The van der Waals surface area contributed by atoms with Crippen LogP contribution in [0.5, 0.6) is 11.5 Å². The molecule has 0 saturated carbocycles. The van der Waals surface area contributed by atoms with Gasteiger partial charge in [-0.15, -0.1) is 0 Å². The number of rotatable bonds is 6. The van der Waals surface area contributed by atoms with Gasteiger partial charge in [0.15, 0.2) is 0 Å². The molecule has 0 bridgehead atoms. The highest BCUT2D eigenvalue weighted by Crippen LogP contribution is 2.29. The number of nitrogens with two attached hydrogens (primary N) is 1. The van der Waals surface area contributed by atoms with Crippen LogP contribution in [0.2, 0.25) is 10.0 Å². The zero-order chi connectivity index (χ0) is 15.2. The van der Waals surface area contributed by atoms with Crippen molar-refractivity contribution in [2.75, 3.05) is 13.7 Å². The zero-order valence-electron chi connectivity index (χ0n) is 11.7. The Morgan fingerprint density at radius 1 is 1.05 bits per heavy atom. The van der Waals surface area contributed by atoms with Gasteiger partial charge in [0.25, 0.3) is 0 Å². The predicted octanol–water partition coefficient (Wildman–Crippen LogP) is 4.08. The van der Waals surface area contributed by atoms with Crippen LogP contribution in [0.3, 0.4) is 0 Å². The summed E-state index contributed by atoms with van der Waals surface area (Å²) in [5.74, 6) is 1.36. The van der Waals surface area contributed by atoms with E-state index in [4.69, 9.17) is 38.4 Å². The molecule has 0 aliphatic carbocycles. The normalized spacial score (nSPS) is 10.5. The van der Waals surface area contributed by atoms with Gasteiger partial charge in [-0.1, -0.05) is 29.3 Å². The van der Waals surface area contributed by atoms with Gasteiger partial charge in [-0.05, 0) is 48.9 Å². The van der Waals surface area contributed by atoms with E-state index in [1.165, 1.54) is 0 Å². The van der Waals surface area contributed by atoms with Crippen LogP contribution < -0.4 is 15.2 Å². The number of benzene rings is 2. The van der Waals surface area contributed by atoms with Crippen molar-refractivity contribution in [3.63, 3.8) is 0 Å². The standard InChI is InChI=1S/C16H17Cl2NO2/c1-20-15-5-3-13(17)9-12(15)10-21-16-4-2-11(6-7-19)8-14(16)18/h2-5,8-9H,6-7,10,19H2,1H3. The second kappa shape index (κ2) is 7.55. The molecule has 112 valence electrons. The van der Waals surface area contributed by atoms with Crippen LogP contribution in [0.25, 0.3) is 0 Å². The molecule has 2 rings (SSSR count). The van der Waals surface area contributed by atoms with Crippen molar-refractivity contribution in [3.05, 3.63) is 57.6 Å². The van der Waals surface area contributed by atoms with E-state index in [9.17, 15) is 0 Å². The molecule has 3 nitrogen and oxygen atoms in total. The van der Waals surface area contributed by atoms with E-state index in [1.54, 1.807) is 13.2 Å². The lowest BCUT2D eigenvalue weighted by atomic mass is 10.1. The summed E-state index contributed by atoms with van der Waals surface area (Å²) in [6.07, 6.45) is 0.794. The molecule has 2 aromatic carbocycles. The molecule has 0 heterocycles. The highest BCUT2D eigenvalue weighted by molar-refractivity contribution is 6.32. The Hall–Kier alpha value is -1.42. The highest BCUT2D eigenvalue weighted by atomic mass is 35.5. The van der Waals surface area contributed by atoms with Crippen LogP contribution in [0.1, 0.15) is 11.1 Å². The van der Waals surface area contributed by atoms with Gasteiger partial charge in [0.05, 0.1) is 12.1 Å². The number of hydrogen-bond acceptors (Lipinski definition) is 3. The van der Waals surface area contributed by atoms with Crippen molar-refractivity contribution in [2.24, 2.45) is 5.73 Å². The lowest BCUT2D eigenvalue weighted by molar-refractivity contribution is 0.297. The van der Waals surface area contributed by atoms with Gasteiger partial charge in [-0.2, -0.15) is 0 Å². The molecule has 21 heavy (non-hydrogen) atoms. The van der Waals surface area contributed by atoms with Crippen LogP contribution in [0.4, 0.5) is 0 Å².